The van der Waals surface area contributed by atoms with E-state index in [9.17, 15) is 4.79 Å². The molecule has 4 heteroatoms. The van der Waals surface area contributed by atoms with Crippen molar-refractivity contribution in [3.8, 4) is 0 Å². The first-order valence-corrected chi connectivity index (χ1v) is 9.65. The van der Waals surface area contributed by atoms with Gasteiger partial charge in [0.1, 0.15) is 0 Å². The van der Waals surface area contributed by atoms with Crippen molar-refractivity contribution in [3.63, 3.8) is 0 Å². The lowest BCUT2D eigenvalue weighted by Gasteiger charge is -2.12. The molecule has 0 saturated carbocycles. The molecular weight excluding hydrogens is 340 g/mol. The van der Waals surface area contributed by atoms with Gasteiger partial charge in [-0.25, -0.2) is 4.79 Å². The summed E-state index contributed by atoms with van der Waals surface area (Å²) in [7, 11) is -0.167. The summed E-state index contributed by atoms with van der Waals surface area (Å²) in [4.78, 5) is 13.6. The molecule has 0 aromatic heterocycles. The van der Waals surface area contributed by atoms with Crippen LogP contribution < -0.4 is 0 Å². The Balaban J connectivity index is 2.37. The van der Waals surface area contributed by atoms with E-state index in [0.29, 0.717) is 23.0 Å². The SMILES string of the molecule is C/C=S(/C/C(=C\c1ccccc1Cl)C(=O)OCC)c1ccccc1. The molecule has 0 saturated heterocycles. The molecule has 0 aliphatic heterocycles. The number of carbonyl (C=O) groups is 1. The van der Waals surface area contributed by atoms with Gasteiger partial charge in [-0.15, -0.1) is 0 Å². The Morgan fingerprint density at radius 1 is 1.12 bits per heavy atom. The van der Waals surface area contributed by atoms with E-state index in [4.69, 9.17) is 16.3 Å². The minimum atomic E-state index is -0.285. The van der Waals surface area contributed by atoms with E-state index < -0.39 is 0 Å². The molecule has 2 nitrogen and oxygen atoms in total. The van der Waals surface area contributed by atoms with Gasteiger partial charge in [0.2, 0.25) is 0 Å². The molecule has 0 radical (unpaired) electrons. The van der Waals surface area contributed by atoms with Crippen LogP contribution in [0.25, 0.3) is 6.08 Å². The molecule has 1 atom stereocenters. The molecule has 0 amide bonds. The number of ether oxygens (including phenoxy) is 1. The molecule has 126 valence electrons. The minimum absolute atomic E-state index is 0.167. The molecule has 1 unspecified atom stereocenters. The van der Waals surface area contributed by atoms with Crippen molar-refractivity contribution in [2.75, 3.05) is 12.4 Å². The summed E-state index contributed by atoms with van der Waals surface area (Å²) in [6.07, 6.45) is 1.84. The summed E-state index contributed by atoms with van der Waals surface area (Å²) in [6.45, 7) is 4.19. The third-order valence-electron chi connectivity index (χ3n) is 3.41. The van der Waals surface area contributed by atoms with Crippen LogP contribution >= 0.6 is 22.1 Å². The first kappa shape index (κ1) is 18.5. The lowest BCUT2D eigenvalue weighted by atomic mass is 10.1. The number of benzene rings is 2. The molecule has 2 aromatic rings. The van der Waals surface area contributed by atoms with E-state index in [1.807, 2.05) is 62.4 Å². The fraction of sp³-hybridized carbons (Fsp3) is 0.200. The van der Waals surface area contributed by atoms with Gasteiger partial charge in [-0.05, 0) is 43.7 Å². The Morgan fingerprint density at radius 3 is 2.42 bits per heavy atom. The zero-order chi connectivity index (χ0) is 17.4. The van der Waals surface area contributed by atoms with E-state index in [1.165, 1.54) is 4.90 Å². The van der Waals surface area contributed by atoms with Crippen LogP contribution in [0, 0.1) is 0 Å². The second-order valence-corrected chi connectivity index (χ2v) is 7.53. The maximum absolute atomic E-state index is 12.4. The number of hydrogen-bond donors (Lipinski definition) is 0. The van der Waals surface area contributed by atoms with Crippen molar-refractivity contribution >= 4 is 39.5 Å². The Bertz CT molecular complexity index is 751. The summed E-state index contributed by atoms with van der Waals surface area (Å²) in [6, 6.07) is 17.7. The summed E-state index contributed by atoms with van der Waals surface area (Å²) in [5, 5.41) is 2.76. The predicted molar refractivity (Wildman–Crippen MR) is 105 cm³/mol. The van der Waals surface area contributed by atoms with E-state index in [-0.39, 0.29) is 16.5 Å². The van der Waals surface area contributed by atoms with Crippen LogP contribution in [0.4, 0.5) is 0 Å². The molecule has 0 aliphatic rings. The highest BCUT2D eigenvalue weighted by atomic mass is 35.5. The first-order chi connectivity index (χ1) is 11.7. The Morgan fingerprint density at radius 2 is 1.79 bits per heavy atom. The molecule has 24 heavy (non-hydrogen) atoms. The number of hydrogen-bond acceptors (Lipinski definition) is 2. The monoisotopic (exact) mass is 360 g/mol. The van der Waals surface area contributed by atoms with Crippen LogP contribution in [0.3, 0.4) is 0 Å². The highest BCUT2D eigenvalue weighted by Gasteiger charge is 2.14. The highest BCUT2D eigenvalue weighted by molar-refractivity contribution is 8.15. The van der Waals surface area contributed by atoms with Gasteiger partial charge in [-0.1, -0.05) is 53.4 Å². The predicted octanol–water partition coefficient (Wildman–Crippen LogP) is 5.44. The summed E-state index contributed by atoms with van der Waals surface area (Å²) < 4.78 is 5.24. The Hall–Kier alpha value is -1.84. The second kappa shape index (κ2) is 9.45. The molecule has 0 aliphatic carbocycles. The molecular formula is C20H21ClO2S. The molecule has 0 heterocycles. The smallest absolute Gasteiger partial charge is 0.334 e. The van der Waals surface area contributed by atoms with Gasteiger partial charge in [0, 0.05) is 21.2 Å². The van der Waals surface area contributed by atoms with Gasteiger partial charge in [0.05, 0.1) is 6.61 Å². The minimum Gasteiger partial charge on any atom is -0.463 e. The number of carbonyl (C=O) groups excluding carboxylic acids is 1. The van der Waals surface area contributed by atoms with Gasteiger partial charge in [0.25, 0.3) is 0 Å². The van der Waals surface area contributed by atoms with Crippen molar-refractivity contribution in [1.82, 2.24) is 0 Å². The normalized spacial score (nSPS) is 12.9. The largest absolute Gasteiger partial charge is 0.463 e. The average molecular weight is 361 g/mol. The lowest BCUT2D eigenvalue weighted by molar-refractivity contribution is -0.138. The Labute approximate surface area is 151 Å². The van der Waals surface area contributed by atoms with Crippen LogP contribution in [-0.2, 0) is 9.53 Å². The zero-order valence-electron chi connectivity index (χ0n) is 13.9. The topological polar surface area (TPSA) is 26.3 Å². The molecule has 0 bridgehead atoms. The molecule has 0 spiro atoms. The molecule has 2 rings (SSSR count). The van der Waals surface area contributed by atoms with Crippen LogP contribution in [-0.4, -0.2) is 23.7 Å². The van der Waals surface area contributed by atoms with E-state index >= 15 is 0 Å². The van der Waals surface area contributed by atoms with E-state index in [0.717, 1.165) is 5.56 Å². The maximum atomic E-state index is 12.4. The van der Waals surface area contributed by atoms with Crippen molar-refractivity contribution in [3.05, 3.63) is 70.8 Å². The van der Waals surface area contributed by atoms with Gasteiger partial charge >= 0.3 is 5.97 Å². The molecule has 0 fully saturated rings. The van der Waals surface area contributed by atoms with Crippen LogP contribution in [0.15, 0.2) is 65.1 Å². The van der Waals surface area contributed by atoms with Crippen LogP contribution in [0.1, 0.15) is 19.4 Å². The summed E-state index contributed by atoms with van der Waals surface area (Å²) in [5.41, 5.74) is 1.46. The van der Waals surface area contributed by atoms with Crippen molar-refractivity contribution in [2.45, 2.75) is 18.7 Å². The average Bonchev–Trinajstić information content (AvgIpc) is 2.61. The van der Waals surface area contributed by atoms with Crippen LogP contribution in [0.5, 0.6) is 0 Å². The maximum Gasteiger partial charge on any atom is 0.334 e. The van der Waals surface area contributed by atoms with Gasteiger partial charge < -0.3 is 4.74 Å². The fourth-order valence-electron chi connectivity index (χ4n) is 2.23. The molecule has 2 aromatic carbocycles. The van der Waals surface area contributed by atoms with Crippen molar-refractivity contribution in [2.24, 2.45) is 0 Å². The third kappa shape index (κ3) is 5.08. The summed E-state index contributed by atoms with van der Waals surface area (Å²) in [5.74, 6) is 0.317. The number of esters is 1. The number of halogens is 1. The van der Waals surface area contributed by atoms with Gasteiger partial charge in [-0.3, -0.25) is 0 Å². The van der Waals surface area contributed by atoms with Crippen molar-refractivity contribution in [1.29, 1.82) is 0 Å². The Kier molecular flexibility index (Phi) is 7.29. The number of rotatable bonds is 6. The molecule has 0 N–H and O–H groups in total. The quantitative estimate of drug-likeness (QED) is 0.389. The first-order valence-electron chi connectivity index (χ1n) is 7.82. The standard InChI is InChI=1S/C20H21ClO2S/c1-3-23-20(22)17(14-16-10-8-9-13-19(16)21)15-24(4-2)18-11-6-5-7-12-18/h4-14H,3,15H2,1-2H3/b17-14+. The van der Waals surface area contributed by atoms with Gasteiger partial charge in [0.15, 0.2) is 0 Å². The lowest BCUT2D eigenvalue weighted by Crippen LogP contribution is -2.10. The third-order valence-corrected chi connectivity index (χ3v) is 5.83. The van der Waals surface area contributed by atoms with E-state index in [2.05, 4.69) is 17.5 Å². The summed E-state index contributed by atoms with van der Waals surface area (Å²) >= 11 is 6.24. The zero-order valence-corrected chi connectivity index (χ0v) is 15.4. The van der Waals surface area contributed by atoms with E-state index in [1.54, 1.807) is 0 Å². The highest BCUT2D eigenvalue weighted by Crippen LogP contribution is 2.30. The second-order valence-electron chi connectivity index (χ2n) is 5.03. The van der Waals surface area contributed by atoms with Crippen LogP contribution in [0.2, 0.25) is 5.02 Å². The van der Waals surface area contributed by atoms with Gasteiger partial charge in [-0.2, -0.15) is 10.5 Å². The van der Waals surface area contributed by atoms with Crippen molar-refractivity contribution < 1.29 is 9.53 Å². The fourth-order valence-corrected chi connectivity index (χ4v) is 4.07.